The van der Waals surface area contributed by atoms with E-state index in [2.05, 4.69) is 28.5 Å². The van der Waals surface area contributed by atoms with Crippen LogP contribution in [0.4, 0.5) is 0 Å². The van der Waals surface area contributed by atoms with Crippen molar-refractivity contribution < 1.29 is 0 Å². The summed E-state index contributed by atoms with van der Waals surface area (Å²) in [4.78, 5) is 4.47. The molecule has 1 unspecified atom stereocenters. The fraction of sp³-hybridized carbons (Fsp3) is 0.333. The van der Waals surface area contributed by atoms with Crippen molar-refractivity contribution in [2.75, 3.05) is 0 Å². The molecule has 1 fully saturated rings. The molecule has 0 radical (unpaired) electrons. The van der Waals surface area contributed by atoms with Crippen LogP contribution in [0, 0.1) is 18.3 Å². The summed E-state index contributed by atoms with van der Waals surface area (Å²) in [5.74, 6) is 0. The Labute approximate surface area is 106 Å². The maximum atomic E-state index is 9.24. The Bertz CT molecular complexity index is 623. The normalized spacial score (nSPS) is 16.4. The van der Waals surface area contributed by atoms with Crippen LogP contribution in [0.25, 0.3) is 10.9 Å². The maximum absolute atomic E-state index is 9.24. The zero-order chi connectivity index (χ0) is 12.5. The smallest absolute Gasteiger partial charge is 0.121 e. The van der Waals surface area contributed by atoms with Gasteiger partial charge in [0, 0.05) is 17.1 Å². The SMILES string of the molecule is Cc1ccc2cc(C(C#N)NC3CC3)ccc2n1. The molecule has 1 atom stereocenters. The molecule has 1 N–H and O–H groups in total. The molecule has 1 aliphatic rings. The number of aromatic nitrogens is 1. The van der Waals surface area contributed by atoms with Gasteiger partial charge in [0.05, 0.1) is 11.6 Å². The third-order valence-electron chi connectivity index (χ3n) is 3.29. The van der Waals surface area contributed by atoms with E-state index in [1.807, 2.05) is 25.1 Å². The minimum atomic E-state index is -0.205. The van der Waals surface area contributed by atoms with Crippen molar-refractivity contribution in [3.8, 4) is 6.07 Å². The Morgan fingerprint density at radius 3 is 2.89 bits per heavy atom. The zero-order valence-electron chi connectivity index (χ0n) is 10.4. The first-order chi connectivity index (χ1) is 8.76. The van der Waals surface area contributed by atoms with Crippen molar-refractivity contribution in [3.63, 3.8) is 0 Å². The largest absolute Gasteiger partial charge is 0.295 e. The van der Waals surface area contributed by atoms with Crippen LogP contribution in [0.5, 0.6) is 0 Å². The van der Waals surface area contributed by atoms with Gasteiger partial charge in [0.15, 0.2) is 0 Å². The minimum Gasteiger partial charge on any atom is -0.295 e. The highest BCUT2D eigenvalue weighted by Gasteiger charge is 2.25. The number of rotatable bonds is 3. The molecule has 1 aromatic carbocycles. The summed E-state index contributed by atoms with van der Waals surface area (Å²) in [6, 6.07) is 12.8. The van der Waals surface area contributed by atoms with E-state index in [4.69, 9.17) is 0 Å². The summed E-state index contributed by atoms with van der Waals surface area (Å²) in [6.45, 7) is 1.99. The number of hydrogen-bond donors (Lipinski definition) is 1. The van der Waals surface area contributed by atoms with Crippen LogP contribution in [0.3, 0.4) is 0 Å². The van der Waals surface area contributed by atoms with Crippen molar-refractivity contribution in [2.45, 2.75) is 31.8 Å². The highest BCUT2D eigenvalue weighted by molar-refractivity contribution is 5.79. The van der Waals surface area contributed by atoms with E-state index in [0.717, 1.165) is 22.2 Å². The van der Waals surface area contributed by atoms with Crippen molar-refractivity contribution >= 4 is 10.9 Å². The van der Waals surface area contributed by atoms with E-state index in [-0.39, 0.29) is 6.04 Å². The summed E-state index contributed by atoms with van der Waals surface area (Å²) in [5, 5.41) is 13.7. The lowest BCUT2D eigenvalue weighted by Gasteiger charge is -2.11. The van der Waals surface area contributed by atoms with Gasteiger partial charge in [0.1, 0.15) is 6.04 Å². The first-order valence-electron chi connectivity index (χ1n) is 6.29. The van der Waals surface area contributed by atoms with Gasteiger partial charge < -0.3 is 0 Å². The Morgan fingerprint density at radius 2 is 2.17 bits per heavy atom. The fourth-order valence-corrected chi connectivity index (χ4v) is 2.12. The number of benzene rings is 1. The first kappa shape index (κ1) is 11.2. The molecule has 0 bridgehead atoms. The van der Waals surface area contributed by atoms with Crippen molar-refractivity contribution in [2.24, 2.45) is 0 Å². The summed E-state index contributed by atoms with van der Waals surface area (Å²) in [7, 11) is 0. The first-order valence-corrected chi connectivity index (χ1v) is 6.29. The number of nitriles is 1. The van der Waals surface area contributed by atoms with E-state index in [1.54, 1.807) is 0 Å². The van der Waals surface area contributed by atoms with Crippen LogP contribution in [0.1, 0.15) is 30.1 Å². The lowest BCUT2D eigenvalue weighted by Crippen LogP contribution is -2.21. The highest BCUT2D eigenvalue weighted by atomic mass is 15.0. The van der Waals surface area contributed by atoms with Gasteiger partial charge in [-0.15, -0.1) is 0 Å². The van der Waals surface area contributed by atoms with Gasteiger partial charge in [-0.3, -0.25) is 10.3 Å². The van der Waals surface area contributed by atoms with Gasteiger partial charge in [-0.1, -0.05) is 12.1 Å². The molecule has 2 aromatic rings. The third-order valence-corrected chi connectivity index (χ3v) is 3.29. The van der Waals surface area contributed by atoms with E-state index in [0.29, 0.717) is 6.04 Å². The molecule has 18 heavy (non-hydrogen) atoms. The number of aryl methyl sites for hydroxylation is 1. The quantitative estimate of drug-likeness (QED) is 0.893. The molecule has 0 amide bonds. The van der Waals surface area contributed by atoms with Crippen LogP contribution in [-0.4, -0.2) is 11.0 Å². The summed E-state index contributed by atoms with van der Waals surface area (Å²) in [5.41, 5.74) is 3.03. The number of pyridine rings is 1. The van der Waals surface area contributed by atoms with Crippen LogP contribution < -0.4 is 5.32 Å². The Balaban J connectivity index is 1.96. The monoisotopic (exact) mass is 237 g/mol. The van der Waals surface area contributed by atoms with E-state index in [1.165, 1.54) is 12.8 Å². The van der Waals surface area contributed by atoms with Crippen molar-refractivity contribution in [3.05, 3.63) is 41.6 Å². The van der Waals surface area contributed by atoms with Gasteiger partial charge in [0.2, 0.25) is 0 Å². The number of hydrogen-bond acceptors (Lipinski definition) is 3. The van der Waals surface area contributed by atoms with Gasteiger partial charge >= 0.3 is 0 Å². The topological polar surface area (TPSA) is 48.7 Å². The Morgan fingerprint density at radius 1 is 1.33 bits per heavy atom. The van der Waals surface area contributed by atoms with E-state index < -0.39 is 0 Å². The van der Waals surface area contributed by atoms with Crippen LogP contribution >= 0.6 is 0 Å². The summed E-state index contributed by atoms with van der Waals surface area (Å²) >= 11 is 0. The molecule has 0 spiro atoms. The number of nitrogens with one attached hydrogen (secondary N) is 1. The van der Waals surface area contributed by atoms with Gasteiger partial charge in [0.25, 0.3) is 0 Å². The second-order valence-corrected chi connectivity index (χ2v) is 4.91. The zero-order valence-corrected chi connectivity index (χ0v) is 10.4. The second kappa shape index (κ2) is 4.40. The molecular formula is C15H15N3. The average molecular weight is 237 g/mol. The molecular weight excluding hydrogens is 222 g/mol. The molecule has 3 nitrogen and oxygen atoms in total. The fourth-order valence-electron chi connectivity index (χ4n) is 2.12. The lowest BCUT2D eigenvalue weighted by atomic mass is 10.0. The van der Waals surface area contributed by atoms with E-state index >= 15 is 0 Å². The predicted molar refractivity (Wildman–Crippen MR) is 71.0 cm³/mol. The molecule has 0 aliphatic heterocycles. The van der Waals surface area contributed by atoms with Crippen LogP contribution in [0.15, 0.2) is 30.3 Å². The standard InChI is InChI=1S/C15H15N3/c1-10-2-3-11-8-12(4-7-14(11)17-10)15(9-16)18-13-5-6-13/h2-4,7-8,13,15,18H,5-6H2,1H3. The van der Waals surface area contributed by atoms with Crippen LogP contribution in [-0.2, 0) is 0 Å². The maximum Gasteiger partial charge on any atom is 0.121 e. The average Bonchev–Trinajstić information content (AvgIpc) is 3.19. The predicted octanol–water partition coefficient (Wildman–Crippen LogP) is 2.86. The second-order valence-electron chi connectivity index (χ2n) is 4.91. The van der Waals surface area contributed by atoms with Crippen LogP contribution in [0.2, 0.25) is 0 Å². The van der Waals surface area contributed by atoms with E-state index in [9.17, 15) is 5.26 Å². The Hall–Kier alpha value is -1.92. The molecule has 90 valence electrons. The lowest BCUT2D eigenvalue weighted by molar-refractivity contribution is 0.626. The molecule has 1 heterocycles. The molecule has 1 aliphatic carbocycles. The third kappa shape index (κ3) is 2.20. The van der Waals surface area contributed by atoms with Gasteiger partial charge in [-0.05, 0) is 43.5 Å². The number of nitrogens with zero attached hydrogens (tertiary/aromatic N) is 2. The molecule has 3 heteroatoms. The highest BCUT2D eigenvalue weighted by Crippen LogP contribution is 2.25. The number of fused-ring (bicyclic) bond motifs is 1. The molecule has 1 aromatic heterocycles. The summed E-state index contributed by atoms with van der Waals surface area (Å²) < 4.78 is 0. The van der Waals surface area contributed by atoms with Crippen molar-refractivity contribution in [1.82, 2.24) is 10.3 Å². The van der Waals surface area contributed by atoms with Gasteiger partial charge in [-0.25, -0.2) is 0 Å². The Kier molecular flexibility index (Phi) is 2.73. The van der Waals surface area contributed by atoms with Crippen molar-refractivity contribution in [1.29, 1.82) is 5.26 Å². The molecule has 1 saturated carbocycles. The minimum absolute atomic E-state index is 0.205. The molecule has 3 rings (SSSR count). The summed E-state index contributed by atoms with van der Waals surface area (Å²) in [6.07, 6.45) is 2.37. The molecule has 0 saturated heterocycles. The van der Waals surface area contributed by atoms with Gasteiger partial charge in [-0.2, -0.15) is 5.26 Å².